The molecule has 0 fully saturated rings. The lowest BCUT2D eigenvalue weighted by Gasteiger charge is -2.24. The molecule has 0 saturated heterocycles. The van der Waals surface area contributed by atoms with Gasteiger partial charge in [0.05, 0.1) is 9.82 Å². The maximum absolute atomic E-state index is 12.4. The van der Waals surface area contributed by atoms with E-state index in [0.717, 1.165) is 5.56 Å². The number of sulfonamides is 1. The van der Waals surface area contributed by atoms with E-state index in [0.29, 0.717) is 0 Å². The Morgan fingerprint density at radius 3 is 2.42 bits per heavy atom. The number of hydrogen-bond donors (Lipinski definition) is 1. The molecule has 128 valence electrons. The highest BCUT2D eigenvalue weighted by Gasteiger charge is 2.20. The largest absolute Gasteiger partial charge is 0.301 e. The van der Waals surface area contributed by atoms with Gasteiger partial charge in [-0.3, -0.25) is 15.1 Å². The number of nitro benzene ring substituents is 1. The van der Waals surface area contributed by atoms with Gasteiger partial charge in [0.25, 0.3) is 5.69 Å². The van der Waals surface area contributed by atoms with Crippen LogP contribution in [0.2, 0.25) is 0 Å². The lowest BCUT2D eigenvalue weighted by atomic mass is 10.1. The van der Waals surface area contributed by atoms with Crippen molar-refractivity contribution in [2.75, 3.05) is 20.6 Å². The first-order valence-corrected chi connectivity index (χ1v) is 8.60. The molecule has 2 rings (SSSR count). The van der Waals surface area contributed by atoms with E-state index in [1.54, 1.807) is 18.5 Å². The van der Waals surface area contributed by atoms with Crippen LogP contribution in [0.25, 0.3) is 0 Å². The van der Waals surface area contributed by atoms with Crippen LogP contribution >= 0.6 is 0 Å². The lowest BCUT2D eigenvalue weighted by Crippen LogP contribution is -2.34. The molecule has 1 aromatic heterocycles. The second-order valence-electron chi connectivity index (χ2n) is 5.37. The number of rotatable bonds is 7. The van der Waals surface area contributed by atoms with Gasteiger partial charge in [-0.05, 0) is 37.9 Å². The van der Waals surface area contributed by atoms with Gasteiger partial charge < -0.3 is 4.90 Å². The van der Waals surface area contributed by atoms with Crippen LogP contribution in [0.4, 0.5) is 5.69 Å². The van der Waals surface area contributed by atoms with Crippen molar-refractivity contribution in [1.29, 1.82) is 0 Å². The minimum Gasteiger partial charge on any atom is -0.301 e. The molecule has 9 heteroatoms. The Hall–Kier alpha value is -2.36. The van der Waals surface area contributed by atoms with Gasteiger partial charge in [-0.2, -0.15) is 0 Å². The summed E-state index contributed by atoms with van der Waals surface area (Å²) in [6, 6.07) is 8.24. The van der Waals surface area contributed by atoms with Crippen molar-refractivity contribution in [1.82, 2.24) is 14.6 Å². The molecule has 2 aromatic rings. The van der Waals surface area contributed by atoms with Gasteiger partial charge in [0, 0.05) is 37.1 Å². The molecule has 8 nitrogen and oxygen atoms in total. The van der Waals surface area contributed by atoms with E-state index in [1.165, 1.54) is 24.3 Å². The van der Waals surface area contributed by atoms with Crippen LogP contribution in [0.3, 0.4) is 0 Å². The minimum atomic E-state index is -3.76. The van der Waals surface area contributed by atoms with Gasteiger partial charge in [-0.15, -0.1) is 0 Å². The molecule has 0 aliphatic rings. The summed E-state index contributed by atoms with van der Waals surface area (Å²) in [6.45, 7) is 0.151. The van der Waals surface area contributed by atoms with E-state index >= 15 is 0 Å². The average Bonchev–Trinajstić information content (AvgIpc) is 2.55. The summed E-state index contributed by atoms with van der Waals surface area (Å²) in [5.41, 5.74) is 0.726. The van der Waals surface area contributed by atoms with Crippen LogP contribution in [0.15, 0.2) is 53.7 Å². The summed E-state index contributed by atoms with van der Waals surface area (Å²) < 4.78 is 27.2. The molecule has 1 heterocycles. The second kappa shape index (κ2) is 7.47. The fourth-order valence-electron chi connectivity index (χ4n) is 2.19. The zero-order valence-electron chi connectivity index (χ0n) is 13.3. The van der Waals surface area contributed by atoms with Crippen molar-refractivity contribution in [3.63, 3.8) is 0 Å². The Labute approximate surface area is 140 Å². The summed E-state index contributed by atoms with van der Waals surface area (Å²) in [5.74, 6) is 0. The number of nitrogens with zero attached hydrogens (tertiary/aromatic N) is 3. The maximum Gasteiger partial charge on any atom is 0.269 e. The SMILES string of the molecule is CN(C)[C@@H](CNS(=O)(=O)c1ccc([N+](=O)[O-])cc1)c1cccnc1. The highest BCUT2D eigenvalue weighted by atomic mass is 32.2. The van der Waals surface area contributed by atoms with Gasteiger partial charge in [0.1, 0.15) is 0 Å². The molecular weight excluding hydrogens is 332 g/mol. The van der Waals surface area contributed by atoms with Crippen LogP contribution in [0.1, 0.15) is 11.6 Å². The summed E-state index contributed by atoms with van der Waals surface area (Å²) in [6.07, 6.45) is 3.34. The molecule has 0 amide bonds. The molecule has 1 N–H and O–H groups in total. The number of nitro groups is 1. The zero-order chi connectivity index (χ0) is 17.7. The summed E-state index contributed by atoms with van der Waals surface area (Å²) in [5, 5.41) is 10.6. The van der Waals surface area contributed by atoms with Crippen LogP contribution in [-0.2, 0) is 10.0 Å². The fraction of sp³-hybridized carbons (Fsp3) is 0.267. The van der Waals surface area contributed by atoms with E-state index < -0.39 is 14.9 Å². The van der Waals surface area contributed by atoms with Crippen LogP contribution in [-0.4, -0.2) is 43.9 Å². The third kappa shape index (κ3) is 4.34. The molecule has 0 aliphatic carbocycles. The molecule has 0 spiro atoms. The standard InChI is InChI=1S/C15H18N4O4S/c1-18(2)15(12-4-3-9-16-10-12)11-17-24(22,23)14-7-5-13(6-8-14)19(20)21/h3-10,15,17H,11H2,1-2H3/t15-/m0/s1. The minimum absolute atomic E-state index is 0.0169. The Morgan fingerprint density at radius 1 is 1.25 bits per heavy atom. The topological polar surface area (TPSA) is 105 Å². The van der Waals surface area contributed by atoms with Crippen LogP contribution in [0, 0.1) is 10.1 Å². The van der Waals surface area contributed by atoms with E-state index in [9.17, 15) is 18.5 Å². The van der Waals surface area contributed by atoms with Crippen LogP contribution < -0.4 is 4.72 Å². The summed E-state index contributed by atoms with van der Waals surface area (Å²) in [4.78, 5) is 16.0. The number of non-ortho nitro benzene ring substituents is 1. The van der Waals surface area contributed by atoms with Gasteiger partial charge >= 0.3 is 0 Å². The molecule has 1 aromatic carbocycles. The molecule has 0 aliphatic heterocycles. The van der Waals surface area contributed by atoms with Gasteiger partial charge in [-0.25, -0.2) is 13.1 Å². The molecule has 0 bridgehead atoms. The van der Waals surface area contributed by atoms with Gasteiger partial charge in [-0.1, -0.05) is 6.07 Å². The first-order chi connectivity index (χ1) is 11.3. The Morgan fingerprint density at radius 2 is 1.92 bits per heavy atom. The predicted molar refractivity (Wildman–Crippen MR) is 88.9 cm³/mol. The average molecular weight is 350 g/mol. The monoisotopic (exact) mass is 350 g/mol. The molecule has 0 radical (unpaired) electrons. The highest BCUT2D eigenvalue weighted by molar-refractivity contribution is 7.89. The molecule has 0 unspecified atom stereocenters. The normalized spacial score (nSPS) is 13.0. The highest BCUT2D eigenvalue weighted by Crippen LogP contribution is 2.19. The van der Waals surface area contributed by atoms with Crippen LogP contribution in [0.5, 0.6) is 0 Å². The number of aromatic nitrogens is 1. The van der Waals surface area contributed by atoms with E-state index in [1.807, 2.05) is 25.1 Å². The maximum atomic E-state index is 12.4. The molecule has 24 heavy (non-hydrogen) atoms. The Kier molecular flexibility index (Phi) is 5.60. The van der Waals surface area contributed by atoms with E-state index in [4.69, 9.17) is 0 Å². The number of pyridine rings is 1. The van der Waals surface area contributed by atoms with E-state index in [2.05, 4.69) is 9.71 Å². The zero-order valence-corrected chi connectivity index (χ0v) is 14.1. The molecule has 1 atom stereocenters. The van der Waals surface area contributed by atoms with E-state index in [-0.39, 0.29) is 23.2 Å². The number of nitrogens with one attached hydrogen (secondary N) is 1. The first kappa shape index (κ1) is 18.0. The smallest absolute Gasteiger partial charge is 0.269 e. The van der Waals surface area contributed by atoms with Crippen molar-refractivity contribution in [3.05, 3.63) is 64.5 Å². The number of benzene rings is 1. The Balaban J connectivity index is 2.14. The van der Waals surface area contributed by atoms with Gasteiger partial charge in [0.15, 0.2) is 0 Å². The third-order valence-corrected chi connectivity index (χ3v) is 4.96. The predicted octanol–water partition coefficient (Wildman–Crippen LogP) is 1.57. The number of likely N-dealkylation sites (N-methyl/N-ethyl adjacent to an activating group) is 1. The van der Waals surface area contributed by atoms with Crippen molar-refractivity contribution in [3.8, 4) is 0 Å². The van der Waals surface area contributed by atoms with Crippen molar-refractivity contribution >= 4 is 15.7 Å². The fourth-order valence-corrected chi connectivity index (χ4v) is 3.23. The lowest BCUT2D eigenvalue weighted by molar-refractivity contribution is -0.384. The van der Waals surface area contributed by atoms with Gasteiger partial charge in [0.2, 0.25) is 10.0 Å². The van der Waals surface area contributed by atoms with Crippen molar-refractivity contribution in [2.45, 2.75) is 10.9 Å². The Bertz CT molecular complexity index is 792. The molecular formula is C15H18N4O4S. The number of hydrogen-bond acceptors (Lipinski definition) is 6. The second-order valence-corrected chi connectivity index (χ2v) is 7.14. The molecule has 0 saturated carbocycles. The summed E-state index contributed by atoms with van der Waals surface area (Å²) in [7, 11) is -0.0688. The van der Waals surface area contributed by atoms with Crippen molar-refractivity contribution in [2.24, 2.45) is 0 Å². The van der Waals surface area contributed by atoms with Crippen molar-refractivity contribution < 1.29 is 13.3 Å². The summed E-state index contributed by atoms with van der Waals surface area (Å²) >= 11 is 0. The first-order valence-electron chi connectivity index (χ1n) is 7.12. The third-order valence-electron chi connectivity index (χ3n) is 3.52. The quantitative estimate of drug-likeness (QED) is 0.600.